The van der Waals surface area contributed by atoms with E-state index in [1.165, 1.54) is 12.3 Å². The molecule has 104 valence electrons. The molecule has 2 unspecified atom stereocenters. The van der Waals surface area contributed by atoms with E-state index in [1.54, 1.807) is 18.9 Å². The Kier molecular flexibility index (Phi) is 4.04. The van der Waals surface area contributed by atoms with Crippen LogP contribution in [0.3, 0.4) is 0 Å². The summed E-state index contributed by atoms with van der Waals surface area (Å²) in [7, 11) is 1.73. The van der Waals surface area contributed by atoms with Gasteiger partial charge < -0.3 is 15.6 Å². The predicted octanol–water partition coefficient (Wildman–Crippen LogP) is 1.03. The quantitative estimate of drug-likeness (QED) is 0.836. The minimum absolute atomic E-state index is 0.00669. The van der Waals surface area contributed by atoms with Crippen molar-refractivity contribution in [3.8, 4) is 0 Å². The molecule has 0 saturated heterocycles. The van der Waals surface area contributed by atoms with Crippen LogP contribution < -0.4 is 11.2 Å². The summed E-state index contributed by atoms with van der Waals surface area (Å²) in [5.41, 5.74) is 6.77. The first-order valence-electron chi connectivity index (χ1n) is 6.73. The SMILES string of the molecule is Cc1cc(=O)c(C(=O)N(C)C2CCCCC2N)c[nH]1. The summed E-state index contributed by atoms with van der Waals surface area (Å²) in [5, 5.41) is 0. The highest BCUT2D eigenvalue weighted by molar-refractivity contribution is 5.93. The number of nitrogens with two attached hydrogens (primary N) is 1. The van der Waals surface area contributed by atoms with Crippen LogP contribution in [-0.2, 0) is 0 Å². The van der Waals surface area contributed by atoms with Crippen molar-refractivity contribution in [2.24, 2.45) is 5.73 Å². The lowest BCUT2D eigenvalue weighted by molar-refractivity contribution is 0.0670. The number of hydrogen-bond donors (Lipinski definition) is 2. The lowest BCUT2D eigenvalue weighted by Gasteiger charge is -2.35. The van der Waals surface area contributed by atoms with E-state index < -0.39 is 0 Å². The highest BCUT2D eigenvalue weighted by Gasteiger charge is 2.29. The first kappa shape index (κ1) is 13.8. The van der Waals surface area contributed by atoms with Crippen molar-refractivity contribution < 1.29 is 4.79 Å². The second kappa shape index (κ2) is 5.57. The molecule has 5 heteroatoms. The number of likely N-dealkylation sites (N-methyl/N-ethyl adjacent to an activating group) is 1. The van der Waals surface area contributed by atoms with Gasteiger partial charge in [-0.15, -0.1) is 0 Å². The number of nitrogens with one attached hydrogen (secondary N) is 1. The smallest absolute Gasteiger partial charge is 0.259 e. The minimum atomic E-state index is -0.247. The summed E-state index contributed by atoms with van der Waals surface area (Å²) >= 11 is 0. The fraction of sp³-hybridized carbons (Fsp3) is 0.571. The summed E-state index contributed by atoms with van der Waals surface area (Å²) in [6, 6.07) is 1.48. The fourth-order valence-electron chi connectivity index (χ4n) is 2.70. The van der Waals surface area contributed by atoms with Crippen molar-refractivity contribution in [1.82, 2.24) is 9.88 Å². The zero-order valence-electron chi connectivity index (χ0n) is 11.5. The molecule has 0 radical (unpaired) electrons. The van der Waals surface area contributed by atoms with Crippen LogP contribution in [0.5, 0.6) is 0 Å². The maximum atomic E-state index is 12.4. The minimum Gasteiger partial charge on any atom is -0.364 e. The van der Waals surface area contributed by atoms with E-state index in [0.29, 0.717) is 0 Å². The fourth-order valence-corrected chi connectivity index (χ4v) is 2.70. The van der Waals surface area contributed by atoms with Crippen molar-refractivity contribution in [1.29, 1.82) is 0 Å². The van der Waals surface area contributed by atoms with E-state index in [2.05, 4.69) is 4.98 Å². The molecule has 5 nitrogen and oxygen atoms in total. The molecule has 1 aliphatic rings. The molecule has 1 saturated carbocycles. The lowest BCUT2D eigenvalue weighted by Crippen LogP contribution is -2.50. The molecule has 0 aliphatic heterocycles. The van der Waals surface area contributed by atoms with Gasteiger partial charge in [-0.1, -0.05) is 12.8 Å². The Morgan fingerprint density at radius 2 is 2.11 bits per heavy atom. The maximum absolute atomic E-state index is 12.4. The average molecular weight is 263 g/mol. The number of pyridine rings is 1. The highest BCUT2D eigenvalue weighted by Crippen LogP contribution is 2.21. The van der Waals surface area contributed by atoms with Crippen LogP contribution in [0, 0.1) is 6.92 Å². The molecule has 0 aromatic carbocycles. The van der Waals surface area contributed by atoms with Gasteiger partial charge in [0.15, 0.2) is 5.43 Å². The van der Waals surface area contributed by atoms with Gasteiger partial charge in [0.1, 0.15) is 5.56 Å². The number of aryl methyl sites for hydroxylation is 1. The van der Waals surface area contributed by atoms with Gasteiger partial charge in [0.2, 0.25) is 0 Å². The Morgan fingerprint density at radius 3 is 2.74 bits per heavy atom. The number of aromatic nitrogens is 1. The van der Waals surface area contributed by atoms with Gasteiger partial charge in [0.25, 0.3) is 5.91 Å². The highest BCUT2D eigenvalue weighted by atomic mass is 16.2. The molecule has 1 heterocycles. The molecular weight excluding hydrogens is 242 g/mol. The standard InChI is InChI=1S/C14H21N3O2/c1-9-7-13(18)10(8-16-9)14(19)17(2)12-6-4-3-5-11(12)15/h7-8,11-12H,3-6,15H2,1-2H3,(H,16,18). The molecule has 0 spiro atoms. The maximum Gasteiger partial charge on any atom is 0.259 e. The molecule has 2 atom stereocenters. The van der Waals surface area contributed by atoms with E-state index in [0.717, 1.165) is 31.4 Å². The van der Waals surface area contributed by atoms with Gasteiger partial charge in [0.05, 0.1) is 0 Å². The summed E-state index contributed by atoms with van der Waals surface area (Å²) < 4.78 is 0. The first-order chi connectivity index (χ1) is 9.00. The van der Waals surface area contributed by atoms with Crippen LogP contribution in [0.15, 0.2) is 17.1 Å². The Bertz CT molecular complexity index is 524. The lowest BCUT2D eigenvalue weighted by atomic mass is 9.90. The molecule has 1 fully saturated rings. The Balaban J connectivity index is 2.20. The third-order valence-corrected chi connectivity index (χ3v) is 3.89. The molecule has 3 N–H and O–H groups in total. The Morgan fingerprint density at radius 1 is 1.42 bits per heavy atom. The van der Waals surface area contributed by atoms with Crippen LogP contribution in [0.4, 0.5) is 0 Å². The van der Waals surface area contributed by atoms with Crippen LogP contribution in [0.1, 0.15) is 41.7 Å². The largest absolute Gasteiger partial charge is 0.364 e. The van der Waals surface area contributed by atoms with Crippen molar-refractivity contribution in [3.63, 3.8) is 0 Å². The number of rotatable bonds is 2. The van der Waals surface area contributed by atoms with Crippen LogP contribution >= 0.6 is 0 Å². The van der Waals surface area contributed by atoms with Gasteiger partial charge in [-0.25, -0.2) is 0 Å². The third kappa shape index (κ3) is 2.87. The molecule has 2 rings (SSSR count). The summed E-state index contributed by atoms with van der Waals surface area (Å²) in [6.45, 7) is 1.79. The van der Waals surface area contributed by atoms with Crippen LogP contribution in [0.2, 0.25) is 0 Å². The summed E-state index contributed by atoms with van der Waals surface area (Å²) in [5.74, 6) is -0.247. The zero-order valence-corrected chi connectivity index (χ0v) is 11.5. The topological polar surface area (TPSA) is 79.2 Å². The number of H-pyrrole nitrogens is 1. The van der Waals surface area contributed by atoms with Crippen LogP contribution in [0.25, 0.3) is 0 Å². The molecule has 1 aromatic heterocycles. The number of nitrogens with zero attached hydrogens (tertiary/aromatic N) is 1. The van der Waals surface area contributed by atoms with Crippen LogP contribution in [-0.4, -0.2) is 34.9 Å². The van der Waals surface area contributed by atoms with E-state index in [9.17, 15) is 9.59 Å². The van der Waals surface area contributed by atoms with E-state index in [4.69, 9.17) is 5.73 Å². The van der Waals surface area contributed by atoms with Gasteiger partial charge in [0, 0.05) is 37.1 Å². The van der Waals surface area contributed by atoms with E-state index in [1.807, 2.05) is 0 Å². The summed E-state index contributed by atoms with van der Waals surface area (Å²) in [4.78, 5) is 28.8. The normalized spacial score (nSPS) is 23.1. The molecule has 1 amide bonds. The molecule has 1 aliphatic carbocycles. The van der Waals surface area contributed by atoms with Gasteiger partial charge >= 0.3 is 0 Å². The van der Waals surface area contributed by atoms with Gasteiger partial charge in [-0.05, 0) is 19.8 Å². The van der Waals surface area contributed by atoms with E-state index in [-0.39, 0.29) is 29.0 Å². The Hall–Kier alpha value is -1.62. The molecular formula is C14H21N3O2. The predicted molar refractivity (Wildman–Crippen MR) is 74.1 cm³/mol. The Labute approximate surface area is 112 Å². The first-order valence-corrected chi connectivity index (χ1v) is 6.73. The van der Waals surface area contributed by atoms with Crippen molar-refractivity contribution in [3.05, 3.63) is 33.7 Å². The van der Waals surface area contributed by atoms with Crippen molar-refractivity contribution >= 4 is 5.91 Å². The molecule has 1 aromatic rings. The number of carbonyl (C=O) groups excluding carboxylic acids is 1. The monoisotopic (exact) mass is 263 g/mol. The van der Waals surface area contributed by atoms with E-state index >= 15 is 0 Å². The number of amides is 1. The van der Waals surface area contributed by atoms with Gasteiger partial charge in [-0.2, -0.15) is 0 Å². The third-order valence-electron chi connectivity index (χ3n) is 3.89. The number of aromatic amines is 1. The number of hydrogen-bond acceptors (Lipinski definition) is 3. The number of carbonyl (C=O) groups is 1. The van der Waals surface area contributed by atoms with Gasteiger partial charge in [-0.3, -0.25) is 9.59 Å². The van der Waals surface area contributed by atoms with Crippen molar-refractivity contribution in [2.45, 2.75) is 44.7 Å². The zero-order chi connectivity index (χ0) is 14.0. The molecule has 19 heavy (non-hydrogen) atoms. The second-order valence-electron chi connectivity index (χ2n) is 5.33. The average Bonchev–Trinajstić information content (AvgIpc) is 2.38. The summed E-state index contributed by atoms with van der Waals surface area (Å²) in [6.07, 6.45) is 5.54. The van der Waals surface area contributed by atoms with Crippen molar-refractivity contribution in [2.75, 3.05) is 7.05 Å². The molecule has 0 bridgehead atoms. The second-order valence-corrected chi connectivity index (χ2v) is 5.33.